The van der Waals surface area contributed by atoms with Crippen molar-refractivity contribution in [3.8, 4) is 0 Å². The second kappa shape index (κ2) is 3.13. The molecule has 2 fully saturated rings. The molecule has 2 aliphatic rings. The summed E-state index contributed by atoms with van der Waals surface area (Å²) in [7, 11) is 0. The van der Waals surface area contributed by atoms with E-state index in [4.69, 9.17) is 11.6 Å². The zero-order valence-corrected chi connectivity index (χ0v) is 10.3. The van der Waals surface area contributed by atoms with Gasteiger partial charge in [0.2, 0.25) is 0 Å². The van der Waals surface area contributed by atoms with E-state index < -0.39 is 0 Å². The molecule has 0 nitrogen and oxygen atoms in total. The molecule has 78 valence electrons. The summed E-state index contributed by atoms with van der Waals surface area (Å²) in [4.78, 5) is 0. The van der Waals surface area contributed by atoms with Gasteiger partial charge in [0, 0.05) is 11.0 Å². The van der Waals surface area contributed by atoms with Crippen LogP contribution in [0.25, 0.3) is 0 Å². The summed E-state index contributed by atoms with van der Waals surface area (Å²) in [5.74, 6) is 1.28. The van der Waals surface area contributed by atoms with Gasteiger partial charge in [0.15, 0.2) is 0 Å². The lowest BCUT2D eigenvalue weighted by Crippen LogP contribution is -1.90. The fourth-order valence-corrected chi connectivity index (χ4v) is 2.96. The van der Waals surface area contributed by atoms with Crippen molar-refractivity contribution >= 4 is 11.6 Å². The first-order valence-electron chi connectivity index (χ1n) is 5.47. The van der Waals surface area contributed by atoms with Crippen LogP contribution < -0.4 is 0 Å². The zero-order valence-electron chi connectivity index (χ0n) is 9.52. The molecule has 0 saturated heterocycles. The summed E-state index contributed by atoms with van der Waals surface area (Å²) in [5.41, 5.74) is 3.31. The molecule has 2 rings (SSSR count). The fourth-order valence-electron chi connectivity index (χ4n) is 2.35. The van der Waals surface area contributed by atoms with E-state index in [0.29, 0.717) is 17.3 Å². The first kappa shape index (κ1) is 10.3. The Kier molecular flexibility index (Phi) is 2.30. The molecule has 0 radical (unpaired) electrons. The van der Waals surface area contributed by atoms with Crippen LogP contribution in [0.1, 0.15) is 40.5 Å². The van der Waals surface area contributed by atoms with Gasteiger partial charge in [0.1, 0.15) is 0 Å². The van der Waals surface area contributed by atoms with Crippen LogP contribution >= 0.6 is 11.6 Å². The third kappa shape index (κ3) is 1.65. The largest absolute Gasteiger partial charge is 0.0888 e. The summed E-state index contributed by atoms with van der Waals surface area (Å²) in [6.45, 7) is 8.99. The van der Waals surface area contributed by atoms with Crippen LogP contribution in [0.15, 0.2) is 22.3 Å². The average molecular weight is 211 g/mol. The van der Waals surface area contributed by atoms with Crippen molar-refractivity contribution in [2.45, 2.75) is 40.5 Å². The quantitative estimate of drug-likeness (QED) is 0.589. The third-order valence-corrected chi connectivity index (χ3v) is 4.04. The van der Waals surface area contributed by atoms with Crippen LogP contribution in [-0.4, -0.2) is 0 Å². The van der Waals surface area contributed by atoms with Gasteiger partial charge in [-0.3, -0.25) is 0 Å². The van der Waals surface area contributed by atoms with Crippen LogP contribution in [0.4, 0.5) is 0 Å². The van der Waals surface area contributed by atoms with Crippen LogP contribution in [0.5, 0.6) is 0 Å². The number of halogens is 1. The van der Waals surface area contributed by atoms with Crippen molar-refractivity contribution in [2.75, 3.05) is 0 Å². The molecular formula is C13H19Cl. The Morgan fingerprint density at radius 2 is 1.93 bits per heavy atom. The molecule has 0 spiro atoms. The van der Waals surface area contributed by atoms with Crippen molar-refractivity contribution in [1.82, 2.24) is 0 Å². The topological polar surface area (TPSA) is 0 Å². The van der Waals surface area contributed by atoms with Crippen molar-refractivity contribution in [2.24, 2.45) is 17.3 Å². The molecule has 14 heavy (non-hydrogen) atoms. The molecule has 0 N–H and O–H groups in total. The lowest BCUT2D eigenvalue weighted by atomic mass is 10.1. The van der Waals surface area contributed by atoms with Crippen molar-refractivity contribution in [3.63, 3.8) is 0 Å². The van der Waals surface area contributed by atoms with Crippen LogP contribution in [0, 0.1) is 17.3 Å². The average Bonchev–Trinajstić information content (AvgIpc) is 2.88. The van der Waals surface area contributed by atoms with Gasteiger partial charge in [-0.2, -0.15) is 0 Å². The van der Waals surface area contributed by atoms with Crippen molar-refractivity contribution < 1.29 is 0 Å². The van der Waals surface area contributed by atoms with E-state index in [1.807, 2.05) is 0 Å². The van der Waals surface area contributed by atoms with Crippen molar-refractivity contribution in [1.29, 1.82) is 0 Å². The SMILES string of the molecule is CC(C)=CC1C(C(Cl)=C2CC2)C1(C)C. The molecule has 0 aliphatic heterocycles. The molecule has 0 aromatic heterocycles. The maximum absolute atomic E-state index is 6.39. The molecule has 1 heteroatoms. The number of hydrogen-bond acceptors (Lipinski definition) is 0. The lowest BCUT2D eigenvalue weighted by molar-refractivity contribution is 0.582. The van der Waals surface area contributed by atoms with Crippen LogP contribution in [-0.2, 0) is 0 Å². The fraction of sp³-hybridized carbons (Fsp3) is 0.692. The molecule has 2 aliphatic carbocycles. The van der Waals surface area contributed by atoms with Gasteiger partial charge in [-0.15, -0.1) is 0 Å². The second-order valence-electron chi connectivity index (χ2n) is 5.52. The number of rotatable bonds is 2. The Bertz CT molecular complexity index is 310. The molecule has 2 unspecified atom stereocenters. The summed E-state index contributed by atoms with van der Waals surface area (Å²) < 4.78 is 0. The number of hydrogen-bond donors (Lipinski definition) is 0. The van der Waals surface area contributed by atoms with Gasteiger partial charge in [-0.1, -0.05) is 42.7 Å². The Morgan fingerprint density at radius 1 is 1.36 bits per heavy atom. The molecule has 0 heterocycles. The van der Waals surface area contributed by atoms with Gasteiger partial charge >= 0.3 is 0 Å². The Balaban J connectivity index is 2.16. The van der Waals surface area contributed by atoms with E-state index in [-0.39, 0.29) is 0 Å². The molecule has 2 atom stereocenters. The minimum Gasteiger partial charge on any atom is -0.0888 e. The molecule has 0 aromatic carbocycles. The Morgan fingerprint density at radius 3 is 2.36 bits per heavy atom. The van der Waals surface area contributed by atoms with Gasteiger partial charge in [-0.25, -0.2) is 0 Å². The van der Waals surface area contributed by atoms with E-state index in [1.165, 1.54) is 29.0 Å². The molecule has 2 saturated carbocycles. The highest BCUT2D eigenvalue weighted by Crippen LogP contribution is 2.65. The van der Waals surface area contributed by atoms with E-state index in [0.717, 1.165) is 0 Å². The minimum absolute atomic E-state index is 0.393. The van der Waals surface area contributed by atoms with Gasteiger partial charge in [0.05, 0.1) is 0 Å². The summed E-state index contributed by atoms with van der Waals surface area (Å²) in [6.07, 6.45) is 4.87. The summed E-state index contributed by atoms with van der Waals surface area (Å²) in [6, 6.07) is 0. The monoisotopic (exact) mass is 210 g/mol. The first-order chi connectivity index (χ1) is 6.44. The molecular weight excluding hydrogens is 192 g/mol. The zero-order chi connectivity index (χ0) is 10.5. The third-order valence-electron chi connectivity index (χ3n) is 3.53. The van der Waals surface area contributed by atoms with Gasteiger partial charge in [0.25, 0.3) is 0 Å². The summed E-state index contributed by atoms with van der Waals surface area (Å²) >= 11 is 6.39. The van der Waals surface area contributed by atoms with E-state index in [1.54, 1.807) is 0 Å². The Labute approximate surface area is 92.0 Å². The van der Waals surface area contributed by atoms with Crippen LogP contribution in [0.3, 0.4) is 0 Å². The lowest BCUT2D eigenvalue weighted by Gasteiger charge is -1.99. The smallest absolute Gasteiger partial charge is 0.0215 e. The van der Waals surface area contributed by atoms with Gasteiger partial charge < -0.3 is 0 Å². The minimum atomic E-state index is 0.393. The maximum Gasteiger partial charge on any atom is 0.0215 e. The van der Waals surface area contributed by atoms with Crippen LogP contribution in [0.2, 0.25) is 0 Å². The first-order valence-corrected chi connectivity index (χ1v) is 5.85. The standard InChI is InChI=1S/C13H19Cl/c1-8(2)7-10-11(13(10,3)4)12(14)9-5-6-9/h7,10-11H,5-6H2,1-4H3. The summed E-state index contributed by atoms with van der Waals surface area (Å²) in [5, 5.41) is 1.18. The van der Waals surface area contributed by atoms with Gasteiger partial charge in [-0.05, 0) is 38.0 Å². The molecule has 0 amide bonds. The van der Waals surface area contributed by atoms with E-state index >= 15 is 0 Å². The molecule has 0 bridgehead atoms. The highest BCUT2D eigenvalue weighted by Gasteiger charge is 2.58. The highest BCUT2D eigenvalue weighted by atomic mass is 35.5. The normalized spacial score (nSPS) is 32.5. The number of allylic oxidation sites excluding steroid dienone is 4. The maximum atomic E-state index is 6.39. The van der Waals surface area contributed by atoms with E-state index in [9.17, 15) is 0 Å². The van der Waals surface area contributed by atoms with E-state index in [2.05, 4.69) is 33.8 Å². The highest BCUT2D eigenvalue weighted by molar-refractivity contribution is 6.30. The predicted octanol–water partition coefficient (Wildman–Crippen LogP) is 4.51. The second-order valence-corrected chi connectivity index (χ2v) is 5.93. The molecule has 0 aromatic rings. The van der Waals surface area contributed by atoms with Crippen molar-refractivity contribution in [3.05, 3.63) is 22.3 Å². The predicted molar refractivity (Wildman–Crippen MR) is 62.3 cm³/mol. The Hall–Kier alpha value is -0.230.